The second-order valence-electron chi connectivity index (χ2n) is 6.79. The van der Waals surface area contributed by atoms with E-state index in [1.807, 2.05) is 13.0 Å². The van der Waals surface area contributed by atoms with Crippen LogP contribution in [0.15, 0.2) is 29.3 Å². The first-order valence-electron chi connectivity index (χ1n) is 9.12. The summed E-state index contributed by atoms with van der Waals surface area (Å²) in [6.07, 6.45) is 5.24. The summed E-state index contributed by atoms with van der Waals surface area (Å²) in [4.78, 5) is 11.2. The van der Waals surface area contributed by atoms with E-state index in [4.69, 9.17) is 4.74 Å². The van der Waals surface area contributed by atoms with E-state index >= 15 is 0 Å². The van der Waals surface area contributed by atoms with Crippen molar-refractivity contribution in [3.8, 4) is 5.75 Å². The molecule has 2 heterocycles. The van der Waals surface area contributed by atoms with E-state index in [1.54, 1.807) is 32.4 Å². The summed E-state index contributed by atoms with van der Waals surface area (Å²) in [6, 6.07) is 5.24. The number of benzene rings is 1. The van der Waals surface area contributed by atoms with Crippen molar-refractivity contribution in [1.29, 1.82) is 0 Å². The molecule has 1 aromatic carbocycles. The van der Waals surface area contributed by atoms with E-state index in [0.717, 1.165) is 37.3 Å². The van der Waals surface area contributed by atoms with Crippen LogP contribution in [0.25, 0.3) is 0 Å². The number of nitrogens with zero attached hydrogens (tertiary/aromatic N) is 3. The van der Waals surface area contributed by atoms with Gasteiger partial charge in [0.1, 0.15) is 17.4 Å². The minimum atomic E-state index is -3.67. The summed E-state index contributed by atoms with van der Waals surface area (Å²) in [6.45, 7) is 5.58. The molecule has 0 atom stereocenters. The molecule has 1 aliphatic rings. The molecule has 3 rings (SSSR count). The summed E-state index contributed by atoms with van der Waals surface area (Å²) >= 11 is 0. The highest BCUT2D eigenvalue weighted by Crippen LogP contribution is 2.25. The van der Waals surface area contributed by atoms with Crippen LogP contribution in [0.5, 0.6) is 5.75 Å². The van der Waals surface area contributed by atoms with Gasteiger partial charge in [-0.25, -0.2) is 23.1 Å². The number of rotatable bonds is 6. The van der Waals surface area contributed by atoms with Crippen molar-refractivity contribution < 1.29 is 13.2 Å². The second kappa shape index (κ2) is 8.22. The number of hydrogen-bond acceptors (Lipinski definition) is 6. The average molecular weight is 391 g/mol. The van der Waals surface area contributed by atoms with Crippen LogP contribution >= 0.6 is 0 Å². The van der Waals surface area contributed by atoms with Gasteiger partial charge in [0.05, 0.1) is 18.6 Å². The number of ether oxygens (including phenoxy) is 1. The van der Waals surface area contributed by atoms with Gasteiger partial charge in [0.15, 0.2) is 0 Å². The molecule has 8 heteroatoms. The Morgan fingerprint density at radius 1 is 1.15 bits per heavy atom. The Kier molecular flexibility index (Phi) is 5.96. The molecule has 0 aliphatic carbocycles. The Morgan fingerprint density at radius 2 is 1.89 bits per heavy atom. The molecule has 0 bridgehead atoms. The molecule has 1 aromatic heterocycles. The highest BCUT2D eigenvalue weighted by molar-refractivity contribution is 7.89. The summed E-state index contributed by atoms with van der Waals surface area (Å²) in [7, 11) is -2.10. The molecule has 0 amide bonds. The minimum Gasteiger partial charge on any atom is -0.496 e. The fourth-order valence-corrected chi connectivity index (χ4v) is 4.57. The van der Waals surface area contributed by atoms with E-state index in [2.05, 4.69) is 19.6 Å². The third-order valence-corrected chi connectivity index (χ3v) is 6.32. The lowest BCUT2D eigenvalue weighted by atomic mass is 10.1. The van der Waals surface area contributed by atoms with Crippen molar-refractivity contribution in [1.82, 2.24) is 14.7 Å². The largest absolute Gasteiger partial charge is 0.496 e. The van der Waals surface area contributed by atoms with Crippen LogP contribution in [-0.4, -0.2) is 38.6 Å². The molecule has 0 unspecified atom stereocenters. The van der Waals surface area contributed by atoms with Gasteiger partial charge in [0.25, 0.3) is 0 Å². The van der Waals surface area contributed by atoms with Crippen LogP contribution in [0.1, 0.15) is 36.2 Å². The number of anilines is 1. The molecule has 7 nitrogen and oxygen atoms in total. The fraction of sp³-hybridized carbons (Fsp3) is 0.474. The van der Waals surface area contributed by atoms with E-state index in [1.165, 1.54) is 6.42 Å². The van der Waals surface area contributed by atoms with Gasteiger partial charge in [-0.2, -0.15) is 0 Å². The van der Waals surface area contributed by atoms with Crippen LogP contribution in [0.4, 0.5) is 5.82 Å². The highest BCUT2D eigenvalue weighted by Gasteiger charge is 2.19. The average Bonchev–Trinajstić information content (AvgIpc) is 2.68. The molecule has 0 spiro atoms. The molecule has 2 aromatic rings. The SMILES string of the molecule is COc1cc(C)c(S(=O)(=O)NCc2nccc(N3CCCCC3)n2)cc1C. The predicted octanol–water partition coefficient (Wildman–Crippen LogP) is 2.57. The molecule has 0 saturated carbocycles. The first-order chi connectivity index (χ1) is 12.9. The molecular formula is C19H26N4O3S. The molecule has 1 aliphatic heterocycles. The van der Waals surface area contributed by atoms with Gasteiger partial charge >= 0.3 is 0 Å². The predicted molar refractivity (Wildman–Crippen MR) is 105 cm³/mol. The standard InChI is InChI=1S/C19H26N4O3S/c1-14-12-17(15(2)11-16(14)26-3)27(24,25)21-13-18-20-8-7-19(22-18)23-9-5-4-6-10-23/h7-8,11-12,21H,4-6,9-10,13H2,1-3H3. The van der Waals surface area contributed by atoms with Gasteiger partial charge in [-0.15, -0.1) is 0 Å². The molecule has 1 fully saturated rings. The molecule has 0 radical (unpaired) electrons. The lowest BCUT2D eigenvalue weighted by molar-refractivity contribution is 0.411. The molecule has 27 heavy (non-hydrogen) atoms. The maximum absolute atomic E-state index is 12.7. The zero-order valence-corrected chi connectivity index (χ0v) is 16.8. The Bertz CT molecular complexity index is 909. The van der Waals surface area contributed by atoms with Crippen molar-refractivity contribution in [3.63, 3.8) is 0 Å². The Morgan fingerprint density at radius 3 is 2.59 bits per heavy atom. The van der Waals surface area contributed by atoms with Crippen molar-refractivity contribution in [3.05, 3.63) is 41.3 Å². The summed E-state index contributed by atoms with van der Waals surface area (Å²) in [5, 5.41) is 0. The number of sulfonamides is 1. The zero-order valence-electron chi connectivity index (χ0n) is 16.0. The van der Waals surface area contributed by atoms with E-state index in [9.17, 15) is 8.42 Å². The normalized spacial score (nSPS) is 15.0. The first-order valence-corrected chi connectivity index (χ1v) is 10.6. The topological polar surface area (TPSA) is 84.4 Å². The van der Waals surface area contributed by atoms with Crippen molar-refractivity contribution in [2.24, 2.45) is 0 Å². The number of hydrogen-bond donors (Lipinski definition) is 1. The minimum absolute atomic E-state index is 0.0501. The van der Waals surface area contributed by atoms with Gasteiger partial charge < -0.3 is 9.64 Å². The van der Waals surface area contributed by atoms with Gasteiger partial charge in [-0.1, -0.05) is 0 Å². The van der Waals surface area contributed by atoms with E-state index < -0.39 is 10.0 Å². The van der Waals surface area contributed by atoms with Crippen LogP contribution in [0.3, 0.4) is 0 Å². The van der Waals surface area contributed by atoms with Gasteiger partial charge in [0.2, 0.25) is 10.0 Å². The number of aryl methyl sites for hydroxylation is 2. The van der Waals surface area contributed by atoms with Crippen LogP contribution in [-0.2, 0) is 16.6 Å². The van der Waals surface area contributed by atoms with E-state index in [-0.39, 0.29) is 11.4 Å². The van der Waals surface area contributed by atoms with Crippen molar-refractivity contribution in [2.75, 3.05) is 25.1 Å². The quantitative estimate of drug-likeness (QED) is 0.816. The Balaban J connectivity index is 1.75. The molecular weight excluding hydrogens is 364 g/mol. The number of aromatic nitrogens is 2. The summed E-state index contributed by atoms with van der Waals surface area (Å²) in [5.74, 6) is 1.99. The van der Waals surface area contributed by atoms with Crippen LogP contribution in [0, 0.1) is 13.8 Å². The number of piperidine rings is 1. The molecule has 1 saturated heterocycles. The third kappa shape index (κ3) is 4.56. The van der Waals surface area contributed by atoms with Gasteiger partial charge in [0, 0.05) is 19.3 Å². The van der Waals surface area contributed by atoms with Gasteiger partial charge in [-0.05, 0) is 62.4 Å². The van der Waals surface area contributed by atoms with E-state index in [0.29, 0.717) is 17.1 Å². The highest BCUT2D eigenvalue weighted by atomic mass is 32.2. The Hall–Kier alpha value is -2.19. The van der Waals surface area contributed by atoms with Crippen LogP contribution in [0.2, 0.25) is 0 Å². The van der Waals surface area contributed by atoms with Crippen molar-refractivity contribution >= 4 is 15.8 Å². The van der Waals surface area contributed by atoms with Crippen LogP contribution < -0.4 is 14.4 Å². The molecule has 1 N–H and O–H groups in total. The Labute approximate surface area is 160 Å². The smallest absolute Gasteiger partial charge is 0.241 e. The first kappa shape index (κ1) is 19.6. The fourth-order valence-electron chi connectivity index (χ4n) is 3.28. The lowest BCUT2D eigenvalue weighted by Gasteiger charge is -2.27. The lowest BCUT2D eigenvalue weighted by Crippen LogP contribution is -2.31. The zero-order chi connectivity index (χ0) is 19.4. The molecule has 146 valence electrons. The maximum atomic E-state index is 12.7. The monoisotopic (exact) mass is 390 g/mol. The number of nitrogens with one attached hydrogen (secondary N) is 1. The maximum Gasteiger partial charge on any atom is 0.241 e. The summed E-state index contributed by atoms with van der Waals surface area (Å²) in [5.41, 5.74) is 1.40. The van der Waals surface area contributed by atoms with Crippen molar-refractivity contribution in [2.45, 2.75) is 44.6 Å². The second-order valence-corrected chi connectivity index (χ2v) is 8.53. The summed E-state index contributed by atoms with van der Waals surface area (Å²) < 4.78 is 33.4. The third-order valence-electron chi connectivity index (χ3n) is 4.77. The number of methoxy groups -OCH3 is 1. The van der Waals surface area contributed by atoms with Gasteiger partial charge in [-0.3, -0.25) is 0 Å².